The van der Waals surface area contributed by atoms with E-state index in [1.807, 2.05) is 42.7 Å². The number of nitrogens with two attached hydrogens (primary N) is 1. The lowest BCUT2D eigenvalue weighted by Gasteiger charge is -2.14. The quantitative estimate of drug-likeness (QED) is 0.177. The molecule has 1 atom stereocenters. The maximum Gasteiger partial charge on any atom is 0.332 e. The van der Waals surface area contributed by atoms with E-state index in [9.17, 15) is 14.7 Å². The van der Waals surface area contributed by atoms with Gasteiger partial charge in [-0.3, -0.25) is 13.9 Å². The van der Waals surface area contributed by atoms with Crippen molar-refractivity contribution in [2.75, 3.05) is 18.8 Å². The number of aryl methyl sites for hydroxylation is 2. The lowest BCUT2D eigenvalue weighted by molar-refractivity contribution is 0.167. The highest BCUT2D eigenvalue weighted by Crippen LogP contribution is 2.16. The summed E-state index contributed by atoms with van der Waals surface area (Å²) >= 11 is 0. The van der Waals surface area contributed by atoms with E-state index in [1.54, 1.807) is 23.0 Å². The first-order chi connectivity index (χ1) is 18.4. The van der Waals surface area contributed by atoms with Crippen LogP contribution in [-0.2, 0) is 32.5 Å². The fourth-order valence-corrected chi connectivity index (χ4v) is 4.49. The number of aliphatic hydroxyl groups is 1. The van der Waals surface area contributed by atoms with Crippen LogP contribution in [0.25, 0.3) is 11.2 Å². The van der Waals surface area contributed by atoms with E-state index < -0.39 is 6.10 Å². The zero-order valence-corrected chi connectivity index (χ0v) is 22.0. The topological polar surface area (TPSA) is 146 Å². The number of imidazole rings is 1. The number of hydrogen-bond donors (Lipinski definition) is 3. The van der Waals surface area contributed by atoms with Crippen LogP contribution in [-0.4, -0.2) is 53.0 Å². The lowest BCUT2D eigenvalue weighted by Crippen LogP contribution is -2.41. The Bertz CT molecular complexity index is 1480. The molecule has 1 aromatic carbocycles. The fourth-order valence-electron chi connectivity index (χ4n) is 4.49. The molecule has 4 rings (SSSR count). The molecule has 0 amide bonds. The van der Waals surface area contributed by atoms with Crippen LogP contribution in [0.3, 0.4) is 0 Å². The first-order valence-corrected chi connectivity index (χ1v) is 13.1. The van der Waals surface area contributed by atoms with Crippen molar-refractivity contribution in [1.82, 2.24) is 34.0 Å². The van der Waals surface area contributed by atoms with Gasteiger partial charge in [-0.2, -0.15) is 0 Å². The molecule has 0 spiro atoms. The average molecular weight is 521 g/mol. The van der Waals surface area contributed by atoms with Gasteiger partial charge < -0.3 is 20.7 Å². The van der Waals surface area contributed by atoms with Crippen LogP contribution in [0.4, 0.5) is 5.69 Å². The van der Waals surface area contributed by atoms with Gasteiger partial charge in [0.1, 0.15) is 11.6 Å². The van der Waals surface area contributed by atoms with Gasteiger partial charge in [-0.25, -0.2) is 19.7 Å². The van der Waals surface area contributed by atoms with Gasteiger partial charge >= 0.3 is 5.69 Å². The van der Waals surface area contributed by atoms with Crippen molar-refractivity contribution < 1.29 is 5.11 Å². The van der Waals surface area contributed by atoms with E-state index in [2.05, 4.69) is 15.3 Å². The van der Waals surface area contributed by atoms with Gasteiger partial charge in [-0.15, -0.1) is 0 Å². The molecule has 0 fully saturated rings. The van der Waals surface area contributed by atoms with Crippen LogP contribution in [0.1, 0.15) is 43.9 Å². The minimum atomic E-state index is -0.439. The molecule has 0 aliphatic rings. The number of nitrogens with zero attached hydrogens (tertiary/aromatic N) is 6. The van der Waals surface area contributed by atoms with Crippen molar-refractivity contribution in [3.63, 3.8) is 0 Å². The fraction of sp³-hybridized carbons (Fsp3) is 0.444. The van der Waals surface area contributed by atoms with Crippen molar-refractivity contribution in [2.45, 2.75) is 65.3 Å². The second-order valence-corrected chi connectivity index (χ2v) is 9.35. The summed E-state index contributed by atoms with van der Waals surface area (Å²) in [5.41, 5.74) is 7.62. The van der Waals surface area contributed by atoms with Gasteiger partial charge in [0.05, 0.1) is 12.5 Å². The van der Waals surface area contributed by atoms with Gasteiger partial charge in [0.2, 0.25) is 0 Å². The summed E-state index contributed by atoms with van der Waals surface area (Å²) in [5, 5.41) is 13.2. The number of aromatic nitrogens is 6. The molecule has 38 heavy (non-hydrogen) atoms. The molecule has 3 heterocycles. The van der Waals surface area contributed by atoms with Crippen LogP contribution in [0.2, 0.25) is 0 Å². The second kappa shape index (κ2) is 12.6. The molecule has 3 aromatic heterocycles. The standard InChI is InChI=1S/C27H36N8O3/c1-3-13-35-26(37)24-25(34(27(35)38)14-9-19-7-5-8-20(28)16-19)32-23(17-22-30-10-6-11-31-22)33(24)15-12-29-18-21(36)4-2/h5-8,10-11,16,21,29,36H,3-4,9,12-15,17-18,28H2,1-2H3. The van der Waals surface area contributed by atoms with Crippen LogP contribution in [0.5, 0.6) is 0 Å². The Balaban J connectivity index is 1.81. The molecule has 11 nitrogen and oxygen atoms in total. The summed E-state index contributed by atoms with van der Waals surface area (Å²) in [7, 11) is 0. The first-order valence-electron chi connectivity index (χ1n) is 13.1. The Morgan fingerprint density at radius 2 is 1.82 bits per heavy atom. The number of nitrogens with one attached hydrogen (secondary N) is 1. The zero-order chi connectivity index (χ0) is 27.1. The predicted octanol–water partition coefficient (Wildman–Crippen LogP) is 1.34. The number of aliphatic hydroxyl groups excluding tert-OH is 1. The Kier molecular flexibility index (Phi) is 9.03. The van der Waals surface area contributed by atoms with Gasteiger partial charge in [0, 0.05) is 50.8 Å². The van der Waals surface area contributed by atoms with Gasteiger partial charge in [0.25, 0.3) is 5.56 Å². The highest BCUT2D eigenvalue weighted by molar-refractivity contribution is 5.71. The van der Waals surface area contributed by atoms with Crippen LogP contribution in [0, 0.1) is 0 Å². The minimum absolute atomic E-state index is 0.309. The van der Waals surface area contributed by atoms with E-state index in [4.69, 9.17) is 10.7 Å². The Hall–Kier alpha value is -3.83. The highest BCUT2D eigenvalue weighted by atomic mass is 16.3. The molecular weight excluding hydrogens is 484 g/mol. The molecule has 0 aliphatic carbocycles. The van der Waals surface area contributed by atoms with Crippen molar-refractivity contribution in [1.29, 1.82) is 0 Å². The van der Waals surface area contributed by atoms with Crippen LogP contribution >= 0.6 is 0 Å². The molecule has 0 saturated carbocycles. The molecule has 11 heteroatoms. The third kappa shape index (κ3) is 6.17. The summed E-state index contributed by atoms with van der Waals surface area (Å²) in [6.07, 6.45) is 5.06. The molecule has 0 saturated heterocycles. The monoisotopic (exact) mass is 520 g/mol. The van der Waals surface area contributed by atoms with E-state index in [-0.39, 0.29) is 11.2 Å². The van der Waals surface area contributed by atoms with E-state index >= 15 is 0 Å². The third-order valence-corrected chi connectivity index (χ3v) is 6.51. The molecule has 4 aromatic rings. The minimum Gasteiger partial charge on any atom is -0.399 e. The van der Waals surface area contributed by atoms with E-state index in [1.165, 1.54) is 4.57 Å². The summed E-state index contributed by atoms with van der Waals surface area (Å²) in [6.45, 7) is 5.92. The number of benzene rings is 1. The molecular formula is C27H36N8O3. The molecule has 1 unspecified atom stereocenters. The maximum absolute atomic E-state index is 13.7. The van der Waals surface area contributed by atoms with Crippen molar-refractivity contribution >= 4 is 16.9 Å². The first kappa shape index (κ1) is 27.2. The third-order valence-electron chi connectivity index (χ3n) is 6.51. The van der Waals surface area contributed by atoms with Crippen LogP contribution in [0.15, 0.2) is 52.3 Å². The normalized spacial score (nSPS) is 12.3. The lowest BCUT2D eigenvalue weighted by atomic mass is 10.1. The Morgan fingerprint density at radius 1 is 1.03 bits per heavy atom. The largest absolute Gasteiger partial charge is 0.399 e. The number of anilines is 1. The SMILES string of the molecule is CCCn1c(=O)c2c(nc(Cc3ncccn3)n2CCNCC(O)CC)n(CCc2cccc(N)c2)c1=O. The molecule has 0 radical (unpaired) electrons. The van der Waals surface area contributed by atoms with Crippen molar-refractivity contribution in [3.8, 4) is 0 Å². The van der Waals surface area contributed by atoms with Crippen molar-refractivity contribution in [3.05, 3.63) is 80.8 Å². The van der Waals surface area contributed by atoms with Crippen molar-refractivity contribution in [2.24, 2.45) is 0 Å². The van der Waals surface area contributed by atoms with Gasteiger partial charge in [-0.05, 0) is 43.0 Å². The van der Waals surface area contributed by atoms with E-state index in [0.717, 1.165) is 5.56 Å². The second-order valence-electron chi connectivity index (χ2n) is 9.35. The average Bonchev–Trinajstić information content (AvgIpc) is 3.27. The van der Waals surface area contributed by atoms with Gasteiger partial charge in [-0.1, -0.05) is 26.0 Å². The number of fused-ring (bicyclic) bond motifs is 1. The number of nitrogen functional groups attached to an aromatic ring is 1. The highest BCUT2D eigenvalue weighted by Gasteiger charge is 2.22. The summed E-state index contributed by atoms with van der Waals surface area (Å²) in [5.74, 6) is 1.17. The molecule has 4 N–H and O–H groups in total. The van der Waals surface area contributed by atoms with E-state index in [0.29, 0.717) is 86.9 Å². The zero-order valence-electron chi connectivity index (χ0n) is 22.0. The Labute approximate surface area is 221 Å². The summed E-state index contributed by atoms with van der Waals surface area (Å²) in [6, 6.07) is 9.30. The van der Waals surface area contributed by atoms with Gasteiger partial charge in [0.15, 0.2) is 11.2 Å². The smallest absolute Gasteiger partial charge is 0.332 e. The maximum atomic E-state index is 13.7. The molecule has 0 bridgehead atoms. The summed E-state index contributed by atoms with van der Waals surface area (Å²) < 4.78 is 4.76. The summed E-state index contributed by atoms with van der Waals surface area (Å²) in [4.78, 5) is 40.7. The number of rotatable bonds is 13. The number of hydrogen-bond acceptors (Lipinski definition) is 8. The predicted molar refractivity (Wildman–Crippen MR) is 147 cm³/mol. The molecule has 0 aliphatic heterocycles. The molecule has 202 valence electrons. The van der Waals surface area contributed by atoms with Crippen LogP contribution < -0.4 is 22.3 Å². The Morgan fingerprint density at radius 3 is 2.53 bits per heavy atom.